The lowest BCUT2D eigenvalue weighted by atomic mass is 10.4. The van der Waals surface area contributed by atoms with Crippen LogP contribution in [0.2, 0.25) is 0 Å². The van der Waals surface area contributed by atoms with Crippen molar-refractivity contribution in [3.8, 4) is 0 Å². The van der Waals surface area contributed by atoms with Crippen molar-refractivity contribution in [2.75, 3.05) is 14.2 Å². The smallest absolute Gasteiger partial charge is 0.182 e. The van der Waals surface area contributed by atoms with Crippen molar-refractivity contribution in [3.63, 3.8) is 0 Å². The first-order valence-corrected chi connectivity index (χ1v) is 2.46. The topological polar surface area (TPSA) is 38.7 Å². The zero-order valence-corrected chi connectivity index (χ0v) is 5.42. The minimum absolute atomic E-state index is 0.491. The predicted molar refractivity (Wildman–Crippen MR) is 29.5 cm³/mol. The van der Waals surface area contributed by atoms with Gasteiger partial charge in [0.25, 0.3) is 0 Å². The Bertz CT molecular complexity index is 49.6. The van der Waals surface area contributed by atoms with Gasteiger partial charge in [0.15, 0.2) is 6.29 Å². The van der Waals surface area contributed by atoms with E-state index < -0.39 is 12.4 Å². The van der Waals surface area contributed by atoms with E-state index in [2.05, 4.69) is 9.47 Å². The summed E-state index contributed by atoms with van der Waals surface area (Å²) >= 11 is 0. The van der Waals surface area contributed by atoms with E-state index in [-0.39, 0.29) is 0 Å². The molecule has 0 unspecified atom stereocenters. The maximum atomic E-state index is 8.76. The van der Waals surface area contributed by atoms with Gasteiger partial charge >= 0.3 is 0 Å². The Labute approximate surface area is 49.2 Å². The Balaban J connectivity index is 3.35. The van der Waals surface area contributed by atoms with E-state index in [4.69, 9.17) is 5.11 Å². The average molecular weight is 120 g/mol. The summed E-state index contributed by atoms with van der Waals surface area (Å²) in [4.78, 5) is 0. The van der Waals surface area contributed by atoms with Crippen LogP contribution in [0.4, 0.5) is 0 Å². The summed E-state index contributed by atoms with van der Waals surface area (Å²) in [6, 6.07) is 0. The molecule has 0 bridgehead atoms. The van der Waals surface area contributed by atoms with Gasteiger partial charge in [-0.05, 0) is 6.92 Å². The van der Waals surface area contributed by atoms with Gasteiger partial charge in [0.2, 0.25) is 0 Å². The Morgan fingerprint density at radius 2 is 1.62 bits per heavy atom. The number of ether oxygens (including phenoxy) is 2. The lowest BCUT2D eigenvalue weighted by molar-refractivity contribution is -0.158. The molecule has 0 fully saturated rings. The predicted octanol–water partition coefficient (Wildman–Crippen LogP) is -0.0139. The van der Waals surface area contributed by atoms with Crippen molar-refractivity contribution in [3.05, 3.63) is 0 Å². The molecule has 8 heavy (non-hydrogen) atoms. The number of rotatable bonds is 3. The Morgan fingerprint density at radius 3 is 1.62 bits per heavy atom. The second kappa shape index (κ2) is 3.83. The maximum Gasteiger partial charge on any atom is 0.182 e. The highest BCUT2D eigenvalue weighted by Gasteiger charge is 2.10. The number of hydrogen-bond donors (Lipinski definition) is 1. The molecule has 1 N–H and O–H groups in total. The zero-order chi connectivity index (χ0) is 6.57. The van der Waals surface area contributed by atoms with Crippen LogP contribution in [0.1, 0.15) is 6.92 Å². The highest BCUT2D eigenvalue weighted by Crippen LogP contribution is 1.95. The summed E-state index contributed by atoms with van der Waals surface area (Å²) < 4.78 is 9.38. The van der Waals surface area contributed by atoms with Crippen LogP contribution in [0.5, 0.6) is 0 Å². The largest absolute Gasteiger partial charge is 0.388 e. The van der Waals surface area contributed by atoms with Gasteiger partial charge < -0.3 is 14.6 Å². The van der Waals surface area contributed by atoms with E-state index in [1.54, 1.807) is 6.92 Å². The summed E-state index contributed by atoms with van der Waals surface area (Å²) in [5.41, 5.74) is 0. The maximum absolute atomic E-state index is 8.76. The van der Waals surface area contributed by atoms with Crippen molar-refractivity contribution in [1.29, 1.82) is 0 Å². The van der Waals surface area contributed by atoms with Gasteiger partial charge in [-0.25, -0.2) is 0 Å². The Kier molecular flexibility index (Phi) is 3.77. The van der Waals surface area contributed by atoms with Crippen LogP contribution < -0.4 is 0 Å². The van der Waals surface area contributed by atoms with Gasteiger partial charge in [-0.15, -0.1) is 0 Å². The molecule has 0 spiro atoms. The molecule has 0 aromatic carbocycles. The number of hydrogen-bond acceptors (Lipinski definition) is 3. The van der Waals surface area contributed by atoms with Gasteiger partial charge in [-0.3, -0.25) is 0 Å². The molecule has 0 aromatic heterocycles. The first-order chi connectivity index (χ1) is 3.72. The van der Waals surface area contributed by atoms with Crippen LogP contribution in [0.15, 0.2) is 0 Å². The fourth-order valence-electron chi connectivity index (χ4n) is 0.490. The molecule has 3 heteroatoms. The second-order valence-electron chi connectivity index (χ2n) is 1.58. The first kappa shape index (κ1) is 7.88. The molecule has 0 aliphatic carbocycles. The van der Waals surface area contributed by atoms with Crippen LogP contribution in [-0.4, -0.2) is 31.7 Å². The van der Waals surface area contributed by atoms with Crippen molar-refractivity contribution < 1.29 is 14.6 Å². The van der Waals surface area contributed by atoms with Crippen LogP contribution in [0, 0.1) is 0 Å². The number of methoxy groups -OCH3 is 2. The van der Waals surface area contributed by atoms with E-state index in [1.165, 1.54) is 14.2 Å². The monoisotopic (exact) mass is 120 g/mol. The molecule has 0 aliphatic heterocycles. The van der Waals surface area contributed by atoms with Gasteiger partial charge in [0.1, 0.15) is 6.10 Å². The molecule has 0 radical (unpaired) electrons. The molecule has 0 aliphatic rings. The molecule has 0 aromatic rings. The normalized spacial score (nSPS) is 14.6. The van der Waals surface area contributed by atoms with Gasteiger partial charge in [-0.1, -0.05) is 0 Å². The third kappa shape index (κ3) is 2.26. The van der Waals surface area contributed by atoms with E-state index in [0.717, 1.165) is 0 Å². The molecule has 0 saturated heterocycles. The molecule has 0 saturated carbocycles. The molecule has 1 atom stereocenters. The van der Waals surface area contributed by atoms with Crippen molar-refractivity contribution in [1.82, 2.24) is 0 Å². The fourth-order valence-corrected chi connectivity index (χ4v) is 0.490. The molecule has 0 heterocycles. The van der Waals surface area contributed by atoms with Crippen LogP contribution in [-0.2, 0) is 9.47 Å². The summed E-state index contributed by atoms with van der Waals surface area (Å²) in [7, 11) is 2.97. The molecule has 50 valence electrons. The van der Waals surface area contributed by atoms with E-state index >= 15 is 0 Å². The molecular formula is C5H12O3. The summed E-state index contributed by atoms with van der Waals surface area (Å²) in [6.07, 6.45) is -1.06. The summed E-state index contributed by atoms with van der Waals surface area (Å²) in [6.45, 7) is 1.61. The summed E-state index contributed by atoms with van der Waals surface area (Å²) in [5.74, 6) is 0. The highest BCUT2D eigenvalue weighted by atomic mass is 16.7. The zero-order valence-electron chi connectivity index (χ0n) is 5.42. The standard InChI is InChI=1S/C5H12O3/c1-4(6)5(7-2)8-3/h4-6H,1-3H3/t4-/m0/s1. The summed E-state index contributed by atoms with van der Waals surface area (Å²) in [5, 5.41) is 8.76. The molecule has 3 nitrogen and oxygen atoms in total. The SMILES string of the molecule is COC(OC)[C@H](C)O. The molecule has 0 rings (SSSR count). The van der Waals surface area contributed by atoms with E-state index in [0.29, 0.717) is 0 Å². The van der Waals surface area contributed by atoms with E-state index in [9.17, 15) is 0 Å². The minimum atomic E-state index is -0.565. The lowest BCUT2D eigenvalue weighted by Crippen LogP contribution is -2.26. The van der Waals surface area contributed by atoms with Gasteiger partial charge in [0.05, 0.1) is 0 Å². The second-order valence-corrected chi connectivity index (χ2v) is 1.58. The quantitative estimate of drug-likeness (QED) is 0.532. The number of aliphatic hydroxyl groups excluding tert-OH is 1. The fraction of sp³-hybridized carbons (Fsp3) is 1.00. The third-order valence-electron chi connectivity index (χ3n) is 0.858. The highest BCUT2D eigenvalue weighted by molar-refractivity contribution is 4.48. The van der Waals surface area contributed by atoms with Gasteiger partial charge in [-0.2, -0.15) is 0 Å². The minimum Gasteiger partial charge on any atom is -0.388 e. The number of aliphatic hydroxyl groups is 1. The van der Waals surface area contributed by atoms with Crippen LogP contribution in [0.25, 0.3) is 0 Å². The molecule has 0 amide bonds. The van der Waals surface area contributed by atoms with Crippen molar-refractivity contribution in [2.24, 2.45) is 0 Å². The van der Waals surface area contributed by atoms with Crippen LogP contribution >= 0.6 is 0 Å². The van der Waals surface area contributed by atoms with Crippen LogP contribution in [0.3, 0.4) is 0 Å². The van der Waals surface area contributed by atoms with Crippen molar-refractivity contribution in [2.45, 2.75) is 19.3 Å². The van der Waals surface area contributed by atoms with Crippen molar-refractivity contribution >= 4 is 0 Å². The molecular weight excluding hydrogens is 108 g/mol. The van der Waals surface area contributed by atoms with Gasteiger partial charge in [0, 0.05) is 14.2 Å². The Hall–Kier alpha value is -0.120. The van der Waals surface area contributed by atoms with E-state index in [1.807, 2.05) is 0 Å². The Morgan fingerprint density at radius 1 is 1.25 bits per heavy atom. The average Bonchev–Trinajstić information content (AvgIpc) is 1.69. The first-order valence-electron chi connectivity index (χ1n) is 2.46. The lowest BCUT2D eigenvalue weighted by Gasteiger charge is -2.14. The third-order valence-corrected chi connectivity index (χ3v) is 0.858.